The molecule has 1 aromatic carbocycles. The lowest BCUT2D eigenvalue weighted by atomic mass is 10.3. The zero-order valence-corrected chi connectivity index (χ0v) is 13.0. The van der Waals surface area contributed by atoms with Gasteiger partial charge in [-0.2, -0.15) is 5.10 Å². The van der Waals surface area contributed by atoms with Crippen molar-refractivity contribution in [3.63, 3.8) is 0 Å². The van der Waals surface area contributed by atoms with Gasteiger partial charge in [-0.15, -0.1) is 0 Å². The summed E-state index contributed by atoms with van der Waals surface area (Å²) < 4.78 is 1.61. The van der Waals surface area contributed by atoms with Crippen molar-refractivity contribution in [2.24, 2.45) is 0 Å². The number of hydrogen-bond donors (Lipinski definition) is 1. The third-order valence-electron chi connectivity index (χ3n) is 3.30. The molecule has 1 N–H and O–H groups in total. The minimum Gasteiger partial charge on any atom is -0.349 e. The molecule has 3 amide bonds. The van der Waals surface area contributed by atoms with E-state index >= 15 is 0 Å². The fraction of sp³-hybridized carbons (Fsp3) is 0.200. The van der Waals surface area contributed by atoms with Gasteiger partial charge < -0.3 is 5.32 Å². The van der Waals surface area contributed by atoms with Gasteiger partial charge in [-0.05, 0) is 18.2 Å². The Morgan fingerprint density at radius 2 is 2.00 bits per heavy atom. The van der Waals surface area contributed by atoms with Crippen molar-refractivity contribution >= 4 is 28.8 Å². The molecule has 0 unspecified atom stereocenters. The molecule has 2 heterocycles. The maximum absolute atomic E-state index is 12.0. The number of imide groups is 1. The van der Waals surface area contributed by atoms with Gasteiger partial charge in [0, 0.05) is 19.3 Å². The second kappa shape index (κ2) is 6.66. The molecule has 0 bridgehead atoms. The summed E-state index contributed by atoms with van der Waals surface area (Å²) in [5, 5.41) is 6.61. The molecule has 0 aliphatic carbocycles. The summed E-state index contributed by atoms with van der Waals surface area (Å²) in [6.07, 6.45) is 1.70. The van der Waals surface area contributed by atoms with Gasteiger partial charge in [-0.1, -0.05) is 30.0 Å². The molecule has 118 valence electrons. The van der Waals surface area contributed by atoms with Gasteiger partial charge in [-0.25, -0.2) is 4.68 Å². The Hall–Kier alpha value is -2.61. The highest BCUT2D eigenvalue weighted by Crippen LogP contribution is 2.17. The summed E-state index contributed by atoms with van der Waals surface area (Å²) in [5.41, 5.74) is 1.14. The molecule has 0 atom stereocenters. The third kappa shape index (κ3) is 3.42. The second-order valence-corrected chi connectivity index (χ2v) is 5.76. The summed E-state index contributed by atoms with van der Waals surface area (Å²) >= 11 is 0.979. The molecular formula is C15H14N4O3S. The molecule has 23 heavy (non-hydrogen) atoms. The van der Waals surface area contributed by atoms with Crippen LogP contribution in [0.2, 0.25) is 0 Å². The van der Waals surface area contributed by atoms with Crippen molar-refractivity contribution in [2.75, 3.05) is 18.8 Å². The van der Waals surface area contributed by atoms with Crippen molar-refractivity contribution < 1.29 is 14.4 Å². The fourth-order valence-corrected chi connectivity index (χ4v) is 2.89. The Bertz CT molecular complexity index is 728. The average Bonchev–Trinajstić information content (AvgIpc) is 3.18. The topological polar surface area (TPSA) is 84.3 Å². The van der Waals surface area contributed by atoms with E-state index in [0.717, 1.165) is 22.3 Å². The molecule has 1 aliphatic heterocycles. The Kier molecular flexibility index (Phi) is 4.42. The van der Waals surface area contributed by atoms with Crippen LogP contribution in [0.15, 0.2) is 42.6 Å². The molecule has 8 heteroatoms. The first-order valence-corrected chi connectivity index (χ1v) is 8.00. The van der Waals surface area contributed by atoms with Crippen LogP contribution in [-0.2, 0) is 4.79 Å². The number of carbonyl (C=O) groups excluding carboxylic acids is 3. The van der Waals surface area contributed by atoms with Gasteiger partial charge in [0.25, 0.3) is 11.1 Å². The molecule has 7 nitrogen and oxygen atoms in total. The van der Waals surface area contributed by atoms with Gasteiger partial charge in [0.15, 0.2) is 5.69 Å². The summed E-state index contributed by atoms with van der Waals surface area (Å²) in [7, 11) is 0. The fourth-order valence-electron chi connectivity index (χ4n) is 2.14. The van der Waals surface area contributed by atoms with Gasteiger partial charge in [0.1, 0.15) is 0 Å². The van der Waals surface area contributed by atoms with Crippen LogP contribution in [0.5, 0.6) is 0 Å². The minimum atomic E-state index is -0.341. The normalized spacial score (nSPS) is 14.3. The van der Waals surface area contributed by atoms with E-state index in [1.807, 2.05) is 30.3 Å². The monoisotopic (exact) mass is 330 g/mol. The lowest BCUT2D eigenvalue weighted by Gasteiger charge is -2.12. The average molecular weight is 330 g/mol. The van der Waals surface area contributed by atoms with Crippen molar-refractivity contribution in [3.8, 4) is 5.69 Å². The van der Waals surface area contributed by atoms with Gasteiger partial charge in [0.2, 0.25) is 5.91 Å². The number of benzene rings is 1. The lowest BCUT2D eigenvalue weighted by molar-refractivity contribution is -0.124. The number of hydrogen-bond acceptors (Lipinski definition) is 5. The molecule has 1 aromatic heterocycles. The first kappa shape index (κ1) is 15.3. The molecule has 1 aliphatic rings. The van der Waals surface area contributed by atoms with Crippen LogP contribution in [-0.4, -0.2) is 50.6 Å². The number of aromatic nitrogens is 2. The Labute approximate surface area is 136 Å². The smallest absolute Gasteiger partial charge is 0.288 e. The predicted octanol–water partition coefficient (Wildman–Crippen LogP) is 1.30. The van der Waals surface area contributed by atoms with E-state index < -0.39 is 0 Å². The van der Waals surface area contributed by atoms with Crippen LogP contribution in [0, 0.1) is 0 Å². The van der Waals surface area contributed by atoms with E-state index in [2.05, 4.69) is 10.4 Å². The van der Waals surface area contributed by atoms with Crippen LogP contribution in [0.25, 0.3) is 5.69 Å². The zero-order valence-electron chi connectivity index (χ0n) is 12.1. The first-order valence-electron chi connectivity index (χ1n) is 7.01. The molecule has 1 fully saturated rings. The van der Waals surface area contributed by atoms with Gasteiger partial charge in [0.05, 0.1) is 11.4 Å². The van der Waals surface area contributed by atoms with Crippen LogP contribution >= 0.6 is 11.8 Å². The third-order valence-corrected chi connectivity index (χ3v) is 4.16. The van der Waals surface area contributed by atoms with Crippen LogP contribution < -0.4 is 5.32 Å². The zero-order chi connectivity index (χ0) is 16.2. The number of thioether (sulfide) groups is 1. The van der Waals surface area contributed by atoms with Crippen molar-refractivity contribution in [3.05, 3.63) is 48.3 Å². The lowest BCUT2D eigenvalue weighted by Crippen LogP contribution is -2.37. The molecular weight excluding hydrogens is 316 g/mol. The molecule has 1 saturated heterocycles. The first-order chi connectivity index (χ1) is 11.1. The maximum Gasteiger partial charge on any atom is 0.288 e. The van der Waals surface area contributed by atoms with E-state index in [9.17, 15) is 14.4 Å². The van der Waals surface area contributed by atoms with E-state index in [-0.39, 0.29) is 41.6 Å². The van der Waals surface area contributed by atoms with E-state index in [4.69, 9.17) is 0 Å². The summed E-state index contributed by atoms with van der Waals surface area (Å²) in [6.45, 7) is 0.380. The van der Waals surface area contributed by atoms with Crippen LogP contribution in [0.1, 0.15) is 10.5 Å². The largest absolute Gasteiger partial charge is 0.349 e. The number of rotatable bonds is 5. The van der Waals surface area contributed by atoms with Crippen molar-refractivity contribution in [1.82, 2.24) is 20.0 Å². The number of carbonyl (C=O) groups is 3. The molecule has 2 aromatic rings. The highest BCUT2D eigenvalue weighted by molar-refractivity contribution is 8.14. The van der Waals surface area contributed by atoms with E-state index in [0.29, 0.717) is 0 Å². The van der Waals surface area contributed by atoms with Crippen molar-refractivity contribution in [2.45, 2.75) is 0 Å². The molecule has 0 saturated carbocycles. The second-order valence-electron chi connectivity index (χ2n) is 4.84. The molecule has 0 spiro atoms. The highest BCUT2D eigenvalue weighted by atomic mass is 32.2. The summed E-state index contributed by atoms with van der Waals surface area (Å²) in [4.78, 5) is 36.1. The van der Waals surface area contributed by atoms with E-state index in [1.54, 1.807) is 16.9 Å². The van der Waals surface area contributed by atoms with Crippen LogP contribution in [0.3, 0.4) is 0 Å². The van der Waals surface area contributed by atoms with Crippen molar-refractivity contribution in [1.29, 1.82) is 0 Å². The predicted molar refractivity (Wildman–Crippen MR) is 85.5 cm³/mol. The summed E-state index contributed by atoms with van der Waals surface area (Å²) in [5.74, 6) is -0.386. The molecule has 0 radical (unpaired) electrons. The highest BCUT2D eigenvalue weighted by Gasteiger charge is 2.29. The number of amides is 3. The van der Waals surface area contributed by atoms with Gasteiger partial charge >= 0.3 is 0 Å². The SMILES string of the molecule is O=C(NCCN1C(=O)CSC1=O)c1ccn(-c2ccccc2)n1. The Morgan fingerprint density at radius 1 is 1.22 bits per heavy atom. The Morgan fingerprint density at radius 3 is 2.70 bits per heavy atom. The minimum absolute atomic E-state index is 0.175. The maximum atomic E-state index is 12.0. The van der Waals surface area contributed by atoms with Gasteiger partial charge in [-0.3, -0.25) is 19.3 Å². The Balaban J connectivity index is 1.56. The quantitative estimate of drug-likeness (QED) is 0.893. The number of para-hydroxylation sites is 1. The number of nitrogens with one attached hydrogen (secondary N) is 1. The summed E-state index contributed by atoms with van der Waals surface area (Å²) in [6, 6.07) is 11.1. The van der Waals surface area contributed by atoms with Crippen LogP contribution in [0.4, 0.5) is 4.79 Å². The number of nitrogens with zero attached hydrogens (tertiary/aromatic N) is 3. The molecule has 3 rings (SSSR count). The van der Waals surface area contributed by atoms with E-state index in [1.165, 1.54) is 0 Å². The standard InChI is InChI=1S/C15H14N4O3S/c20-13-10-23-15(22)18(13)9-7-16-14(21)12-6-8-19(17-12)11-4-2-1-3-5-11/h1-6,8H,7,9-10H2,(H,16,21).